The third-order valence-electron chi connectivity index (χ3n) is 5.04. The molecule has 28 heavy (non-hydrogen) atoms. The molecule has 0 radical (unpaired) electrons. The average molecular weight is 399 g/mol. The van der Waals surface area contributed by atoms with Crippen molar-refractivity contribution in [3.63, 3.8) is 0 Å². The van der Waals surface area contributed by atoms with E-state index in [1.165, 1.54) is 23.5 Å². The maximum atomic E-state index is 12.9. The van der Waals surface area contributed by atoms with E-state index in [0.717, 1.165) is 10.9 Å². The number of ether oxygens (including phenoxy) is 1. The van der Waals surface area contributed by atoms with E-state index in [-0.39, 0.29) is 23.9 Å². The number of sulfonamides is 1. The second kappa shape index (κ2) is 7.29. The van der Waals surface area contributed by atoms with Gasteiger partial charge in [-0.05, 0) is 30.3 Å². The standard InChI is InChI=1S/C20H21N3O4S/c1-27-15-6-8-16(9-7-15)28(25,26)23-12-10-22(11-13-23)20(24)18-14-21-19-5-3-2-4-17(18)19/h2-9,14,21H,10-13H2,1H3. The number of piperazine rings is 1. The molecule has 1 aromatic heterocycles. The molecule has 0 bridgehead atoms. The number of hydrogen-bond acceptors (Lipinski definition) is 4. The summed E-state index contributed by atoms with van der Waals surface area (Å²) in [6.07, 6.45) is 1.72. The van der Waals surface area contributed by atoms with Gasteiger partial charge in [-0.15, -0.1) is 0 Å². The summed E-state index contributed by atoms with van der Waals surface area (Å²) < 4.78 is 32.2. The number of benzene rings is 2. The molecule has 1 amide bonds. The van der Waals surface area contributed by atoms with Crippen LogP contribution >= 0.6 is 0 Å². The van der Waals surface area contributed by atoms with Crippen molar-refractivity contribution in [1.29, 1.82) is 0 Å². The van der Waals surface area contributed by atoms with Crippen molar-refractivity contribution in [2.45, 2.75) is 4.90 Å². The minimum Gasteiger partial charge on any atom is -0.497 e. The zero-order valence-electron chi connectivity index (χ0n) is 15.5. The fourth-order valence-corrected chi connectivity index (χ4v) is 4.87. The Morgan fingerprint density at radius 3 is 2.36 bits per heavy atom. The number of amides is 1. The molecule has 4 rings (SSSR count). The molecule has 1 N–H and O–H groups in total. The van der Waals surface area contributed by atoms with E-state index >= 15 is 0 Å². The molecular formula is C20H21N3O4S. The first-order valence-electron chi connectivity index (χ1n) is 9.00. The molecule has 1 fully saturated rings. The fraction of sp³-hybridized carbons (Fsp3) is 0.250. The molecule has 0 unspecified atom stereocenters. The van der Waals surface area contributed by atoms with Crippen LogP contribution in [-0.2, 0) is 10.0 Å². The highest BCUT2D eigenvalue weighted by Crippen LogP contribution is 2.23. The largest absolute Gasteiger partial charge is 0.497 e. The molecule has 1 saturated heterocycles. The van der Waals surface area contributed by atoms with Crippen molar-refractivity contribution in [2.24, 2.45) is 0 Å². The van der Waals surface area contributed by atoms with Crippen LogP contribution in [0.25, 0.3) is 10.9 Å². The van der Waals surface area contributed by atoms with Crippen LogP contribution in [0.1, 0.15) is 10.4 Å². The molecule has 0 atom stereocenters. The van der Waals surface area contributed by atoms with Crippen LogP contribution in [0.15, 0.2) is 59.6 Å². The maximum absolute atomic E-state index is 12.9. The zero-order chi connectivity index (χ0) is 19.7. The van der Waals surface area contributed by atoms with Gasteiger partial charge in [0.25, 0.3) is 5.91 Å². The fourth-order valence-electron chi connectivity index (χ4n) is 3.45. The lowest BCUT2D eigenvalue weighted by Crippen LogP contribution is -2.50. The van der Waals surface area contributed by atoms with Gasteiger partial charge < -0.3 is 14.6 Å². The normalized spacial score (nSPS) is 15.7. The van der Waals surface area contributed by atoms with Crippen LogP contribution in [0, 0.1) is 0 Å². The predicted molar refractivity (Wildman–Crippen MR) is 106 cm³/mol. The van der Waals surface area contributed by atoms with E-state index in [0.29, 0.717) is 24.4 Å². The Hall–Kier alpha value is -2.84. The van der Waals surface area contributed by atoms with Gasteiger partial charge in [0.2, 0.25) is 10.0 Å². The monoisotopic (exact) mass is 399 g/mol. The van der Waals surface area contributed by atoms with E-state index in [9.17, 15) is 13.2 Å². The summed E-state index contributed by atoms with van der Waals surface area (Å²) in [4.78, 5) is 17.9. The van der Waals surface area contributed by atoms with E-state index < -0.39 is 10.0 Å². The minimum atomic E-state index is -3.59. The van der Waals surface area contributed by atoms with Gasteiger partial charge in [0, 0.05) is 43.3 Å². The van der Waals surface area contributed by atoms with Crippen LogP contribution < -0.4 is 4.74 Å². The van der Waals surface area contributed by atoms with E-state index in [1.54, 1.807) is 23.2 Å². The second-order valence-corrected chi connectivity index (χ2v) is 8.56. The number of para-hydroxylation sites is 1. The lowest BCUT2D eigenvalue weighted by atomic mass is 10.1. The summed E-state index contributed by atoms with van der Waals surface area (Å²) >= 11 is 0. The van der Waals surface area contributed by atoms with Gasteiger partial charge in [0.1, 0.15) is 5.75 Å². The smallest absolute Gasteiger partial charge is 0.256 e. The third kappa shape index (κ3) is 3.25. The lowest BCUT2D eigenvalue weighted by molar-refractivity contribution is 0.0700. The van der Waals surface area contributed by atoms with Crippen LogP contribution in [-0.4, -0.2) is 61.8 Å². The molecule has 2 aromatic carbocycles. The summed E-state index contributed by atoms with van der Waals surface area (Å²) in [5.74, 6) is 0.520. The molecule has 3 aromatic rings. The van der Waals surface area contributed by atoms with Crippen LogP contribution in [0.2, 0.25) is 0 Å². The van der Waals surface area contributed by atoms with Gasteiger partial charge >= 0.3 is 0 Å². The van der Waals surface area contributed by atoms with Gasteiger partial charge in [-0.25, -0.2) is 8.42 Å². The molecule has 1 aliphatic heterocycles. The summed E-state index contributed by atoms with van der Waals surface area (Å²) in [6.45, 7) is 1.24. The van der Waals surface area contributed by atoms with E-state index in [4.69, 9.17) is 4.74 Å². The first kappa shape index (κ1) is 18.5. The number of H-pyrrole nitrogens is 1. The molecule has 0 spiro atoms. The summed E-state index contributed by atoms with van der Waals surface area (Å²) in [7, 11) is -2.06. The van der Waals surface area contributed by atoms with Gasteiger partial charge in [0.15, 0.2) is 0 Å². The molecule has 1 aliphatic rings. The van der Waals surface area contributed by atoms with Crippen LogP contribution in [0.3, 0.4) is 0 Å². The number of aromatic amines is 1. The Labute approximate surface area is 163 Å². The summed E-state index contributed by atoms with van der Waals surface area (Å²) in [5.41, 5.74) is 1.52. The Balaban J connectivity index is 1.47. The van der Waals surface area contributed by atoms with E-state index in [2.05, 4.69) is 4.98 Å². The Kier molecular flexibility index (Phi) is 4.82. The SMILES string of the molecule is COc1ccc(S(=O)(=O)N2CCN(C(=O)c3c[nH]c4ccccc34)CC2)cc1. The highest BCUT2D eigenvalue weighted by Gasteiger charge is 2.31. The molecular weight excluding hydrogens is 378 g/mol. The zero-order valence-corrected chi connectivity index (χ0v) is 16.3. The molecule has 146 valence electrons. The van der Waals surface area contributed by atoms with E-state index in [1.807, 2.05) is 24.3 Å². The van der Waals surface area contributed by atoms with Crippen molar-refractivity contribution in [1.82, 2.24) is 14.2 Å². The Morgan fingerprint density at radius 2 is 1.68 bits per heavy atom. The van der Waals surface area contributed by atoms with Gasteiger partial charge in [-0.2, -0.15) is 4.31 Å². The first-order valence-corrected chi connectivity index (χ1v) is 10.4. The number of methoxy groups -OCH3 is 1. The molecule has 8 heteroatoms. The van der Waals surface area contributed by atoms with Crippen LogP contribution in [0.5, 0.6) is 5.75 Å². The highest BCUT2D eigenvalue weighted by atomic mass is 32.2. The lowest BCUT2D eigenvalue weighted by Gasteiger charge is -2.34. The number of nitrogens with one attached hydrogen (secondary N) is 1. The number of rotatable bonds is 4. The number of carbonyl (C=O) groups excluding carboxylic acids is 1. The number of nitrogens with zero attached hydrogens (tertiary/aromatic N) is 2. The Bertz CT molecular complexity index is 1100. The number of aromatic nitrogens is 1. The van der Waals surface area contributed by atoms with Gasteiger partial charge in [0.05, 0.1) is 17.6 Å². The molecule has 7 nitrogen and oxygen atoms in total. The van der Waals surface area contributed by atoms with Crippen molar-refractivity contribution in [2.75, 3.05) is 33.3 Å². The van der Waals surface area contributed by atoms with Crippen molar-refractivity contribution in [3.05, 3.63) is 60.3 Å². The average Bonchev–Trinajstić information content (AvgIpc) is 3.17. The number of fused-ring (bicyclic) bond motifs is 1. The van der Waals surface area contributed by atoms with Gasteiger partial charge in [-0.1, -0.05) is 18.2 Å². The summed E-state index contributed by atoms with van der Waals surface area (Å²) in [6, 6.07) is 14.0. The first-order chi connectivity index (χ1) is 13.5. The predicted octanol–water partition coefficient (Wildman–Crippen LogP) is 2.32. The quantitative estimate of drug-likeness (QED) is 0.730. The van der Waals surface area contributed by atoms with Crippen molar-refractivity contribution in [3.8, 4) is 5.75 Å². The van der Waals surface area contributed by atoms with Crippen LogP contribution in [0.4, 0.5) is 0 Å². The number of hydrogen-bond donors (Lipinski definition) is 1. The number of carbonyl (C=O) groups is 1. The Morgan fingerprint density at radius 1 is 1.00 bits per heavy atom. The maximum Gasteiger partial charge on any atom is 0.256 e. The highest BCUT2D eigenvalue weighted by molar-refractivity contribution is 7.89. The van der Waals surface area contributed by atoms with Crippen molar-refractivity contribution >= 4 is 26.8 Å². The second-order valence-electron chi connectivity index (χ2n) is 6.62. The third-order valence-corrected chi connectivity index (χ3v) is 6.96. The molecule has 2 heterocycles. The van der Waals surface area contributed by atoms with Gasteiger partial charge in [-0.3, -0.25) is 4.79 Å². The molecule has 0 aliphatic carbocycles. The topological polar surface area (TPSA) is 82.7 Å². The molecule has 0 saturated carbocycles. The minimum absolute atomic E-state index is 0.0843. The van der Waals surface area contributed by atoms with Crippen molar-refractivity contribution < 1.29 is 17.9 Å². The summed E-state index contributed by atoms with van der Waals surface area (Å²) in [5, 5.41) is 0.876.